The van der Waals surface area contributed by atoms with Gasteiger partial charge in [0.15, 0.2) is 0 Å². The van der Waals surface area contributed by atoms with Gasteiger partial charge in [0, 0.05) is 6.54 Å². The van der Waals surface area contributed by atoms with Crippen LogP contribution in [0.4, 0.5) is 0 Å². The number of benzene rings is 1. The van der Waals surface area contributed by atoms with Gasteiger partial charge in [-0.15, -0.1) is 0 Å². The maximum atomic E-state index is 5.63. The minimum atomic E-state index is 0.553. The molecule has 0 aliphatic rings. The number of rotatable bonds is 13. The molecule has 4 heteroatoms. The lowest BCUT2D eigenvalue weighted by Crippen LogP contribution is -2.14. The molecule has 0 aromatic heterocycles. The van der Waals surface area contributed by atoms with Gasteiger partial charge in [-0.2, -0.15) is 0 Å². The molecule has 0 bridgehead atoms. The van der Waals surface area contributed by atoms with E-state index < -0.39 is 0 Å². The molecule has 0 heterocycles. The monoisotopic (exact) mass is 295 g/mol. The number of aryl methyl sites for hydroxylation is 1. The van der Waals surface area contributed by atoms with E-state index in [0.29, 0.717) is 39.6 Å². The van der Waals surface area contributed by atoms with Gasteiger partial charge in [0.1, 0.15) is 12.4 Å². The minimum absolute atomic E-state index is 0.553. The van der Waals surface area contributed by atoms with Crippen molar-refractivity contribution in [3.8, 4) is 5.75 Å². The molecule has 0 atom stereocenters. The summed E-state index contributed by atoms with van der Waals surface area (Å²) >= 11 is 0. The fourth-order valence-corrected chi connectivity index (χ4v) is 1.96. The van der Waals surface area contributed by atoms with Crippen LogP contribution in [0.2, 0.25) is 0 Å². The topological polar surface area (TPSA) is 53.7 Å². The van der Waals surface area contributed by atoms with E-state index in [1.165, 1.54) is 24.8 Å². The van der Waals surface area contributed by atoms with Crippen LogP contribution in [-0.4, -0.2) is 39.6 Å². The van der Waals surface area contributed by atoms with Gasteiger partial charge in [0.05, 0.1) is 26.4 Å². The van der Waals surface area contributed by atoms with Crippen molar-refractivity contribution in [2.24, 2.45) is 5.73 Å². The number of nitrogens with two attached hydrogens (primary N) is 1. The maximum Gasteiger partial charge on any atom is 0.119 e. The van der Waals surface area contributed by atoms with Gasteiger partial charge in [-0.3, -0.25) is 0 Å². The Morgan fingerprint density at radius 1 is 0.857 bits per heavy atom. The first-order valence-corrected chi connectivity index (χ1v) is 7.94. The predicted octanol–water partition coefficient (Wildman–Crippen LogP) is 2.79. The Morgan fingerprint density at radius 2 is 1.52 bits per heavy atom. The van der Waals surface area contributed by atoms with E-state index >= 15 is 0 Å². The third-order valence-corrected chi connectivity index (χ3v) is 3.12. The normalized spacial score (nSPS) is 10.8. The molecule has 120 valence electrons. The molecule has 0 saturated carbocycles. The average molecular weight is 295 g/mol. The first kappa shape index (κ1) is 18.0. The van der Waals surface area contributed by atoms with E-state index in [2.05, 4.69) is 19.1 Å². The second kappa shape index (κ2) is 12.6. The molecule has 21 heavy (non-hydrogen) atoms. The third-order valence-electron chi connectivity index (χ3n) is 3.12. The van der Waals surface area contributed by atoms with Crippen LogP contribution in [-0.2, 0) is 15.9 Å². The Balaban J connectivity index is 2.04. The molecule has 0 fully saturated rings. The molecule has 2 N–H and O–H groups in total. The van der Waals surface area contributed by atoms with Crippen LogP contribution in [0.25, 0.3) is 0 Å². The highest BCUT2D eigenvalue weighted by Crippen LogP contribution is 2.14. The fourth-order valence-electron chi connectivity index (χ4n) is 1.96. The number of hydrogen-bond acceptors (Lipinski definition) is 4. The van der Waals surface area contributed by atoms with E-state index in [1.807, 2.05) is 12.1 Å². The molecule has 0 aliphatic heterocycles. The zero-order valence-corrected chi connectivity index (χ0v) is 13.2. The molecular weight excluding hydrogens is 266 g/mol. The highest BCUT2D eigenvalue weighted by atomic mass is 16.5. The largest absolute Gasteiger partial charge is 0.491 e. The van der Waals surface area contributed by atoms with Gasteiger partial charge >= 0.3 is 0 Å². The summed E-state index contributed by atoms with van der Waals surface area (Å²) in [7, 11) is 0. The number of hydrogen-bond donors (Lipinski definition) is 1. The van der Waals surface area contributed by atoms with Crippen molar-refractivity contribution in [2.75, 3.05) is 39.6 Å². The maximum absolute atomic E-state index is 5.63. The average Bonchev–Trinajstić information content (AvgIpc) is 2.52. The highest BCUT2D eigenvalue weighted by Gasteiger charge is 1.97. The van der Waals surface area contributed by atoms with Gasteiger partial charge < -0.3 is 19.9 Å². The molecule has 1 rings (SSSR count). The Kier molecular flexibility index (Phi) is 10.8. The predicted molar refractivity (Wildman–Crippen MR) is 85.9 cm³/mol. The summed E-state index contributed by atoms with van der Waals surface area (Å²) < 4.78 is 16.2. The van der Waals surface area contributed by atoms with Crippen molar-refractivity contribution in [1.82, 2.24) is 0 Å². The van der Waals surface area contributed by atoms with Crippen molar-refractivity contribution in [1.29, 1.82) is 0 Å². The fraction of sp³-hybridized carbons (Fsp3) is 0.647. The molecular formula is C17H29NO3. The summed E-state index contributed by atoms with van der Waals surface area (Å²) in [6, 6.07) is 8.36. The van der Waals surface area contributed by atoms with Crippen molar-refractivity contribution >= 4 is 0 Å². The zero-order valence-electron chi connectivity index (χ0n) is 13.2. The zero-order chi connectivity index (χ0) is 15.2. The molecule has 1 aromatic rings. The van der Waals surface area contributed by atoms with Crippen molar-refractivity contribution < 1.29 is 14.2 Å². The van der Waals surface area contributed by atoms with Gasteiger partial charge in [-0.1, -0.05) is 31.9 Å². The highest BCUT2D eigenvalue weighted by molar-refractivity contribution is 5.27. The summed E-state index contributed by atoms with van der Waals surface area (Å²) in [4.78, 5) is 0. The smallest absolute Gasteiger partial charge is 0.119 e. The summed E-state index contributed by atoms with van der Waals surface area (Å²) in [5, 5.41) is 0. The van der Waals surface area contributed by atoms with E-state index in [1.54, 1.807) is 0 Å². The second-order valence-corrected chi connectivity index (χ2v) is 4.96. The summed E-state index contributed by atoms with van der Waals surface area (Å²) in [5.74, 6) is 0.900. The molecule has 4 nitrogen and oxygen atoms in total. The van der Waals surface area contributed by atoms with Gasteiger partial charge in [0.2, 0.25) is 0 Å². The summed E-state index contributed by atoms with van der Waals surface area (Å²) in [6.07, 6.45) is 4.97. The molecule has 0 aliphatic carbocycles. The molecule has 1 aromatic carbocycles. The van der Waals surface area contributed by atoms with Crippen LogP contribution in [0.1, 0.15) is 31.7 Å². The van der Waals surface area contributed by atoms with Crippen LogP contribution < -0.4 is 10.5 Å². The quantitative estimate of drug-likeness (QED) is 0.569. The SMILES string of the molecule is CCCCCc1ccc(OCCOCCOCCN)cc1. The molecule has 0 saturated heterocycles. The first-order valence-electron chi connectivity index (χ1n) is 7.94. The molecule has 0 amide bonds. The van der Waals surface area contributed by atoms with Gasteiger partial charge in [-0.25, -0.2) is 0 Å². The van der Waals surface area contributed by atoms with E-state index in [4.69, 9.17) is 19.9 Å². The van der Waals surface area contributed by atoms with Crippen LogP contribution in [0.3, 0.4) is 0 Å². The second-order valence-electron chi connectivity index (χ2n) is 4.96. The van der Waals surface area contributed by atoms with Crippen molar-refractivity contribution in [2.45, 2.75) is 32.6 Å². The van der Waals surface area contributed by atoms with E-state index in [0.717, 1.165) is 12.2 Å². The van der Waals surface area contributed by atoms with Crippen LogP contribution in [0.15, 0.2) is 24.3 Å². The molecule has 0 unspecified atom stereocenters. The summed E-state index contributed by atoms with van der Waals surface area (Å²) in [6.45, 7) is 5.67. The first-order chi connectivity index (χ1) is 10.4. The lowest BCUT2D eigenvalue weighted by Gasteiger charge is -2.08. The third kappa shape index (κ3) is 9.45. The van der Waals surface area contributed by atoms with E-state index in [9.17, 15) is 0 Å². The van der Waals surface area contributed by atoms with Crippen molar-refractivity contribution in [3.63, 3.8) is 0 Å². The Bertz CT molecular complexity index is 340. The number of ether oxygens (including phenoxy) is 3. The molecule has 0 radical (unpaired) electrons. The Hall–Kier alpha value is -1.10. The Labute approximate surface area is 128 Å². The standard InChI is InChI=1S/C17H29NO3/c1-2-3-4-5-16-6-8-17(9-7-16)21-15-14-20-13-12-19-11-10-18/h6-9H,2-5,10-15,18H2,1H3. The molecule has 0 spiro atoms. The van der Waals surface area contributed by atoms with Crippen molar-refractivity contribution in [3.05, 3.63) is 29.8 Å². The van der Waals surface area contributed by atoms with E-state index in [-0.39, 0.29) is 0 Å². The van der Waals surface area contributed by atoms with Crippen LogP contribution in [0.5, 0.6) is 5.75 Å². The minimum Gasteiger partial charge on any atom is -0.491 e. The lowest BCUT2D eigenvalue weighted by molar-refractivity contribution is 0.0388. The summed E-state index contributed by atoms with van der Waals surface area (Å²) in [5.41, 5.74) is 6.69. The van der Waals surface area contributed by atoms with Gasteiger partial charge in [0.25, 0.3) is 0 Å². The van der Waals surface area contributed by atoms with Crippen LogP contribution >= 0.6 is 0 Å². The van der Waals surface area contributed by atoms with Gasteiger partial charge in [-0.05, 0) is 30.5 Å². The Morgan fingerprint density at radius 3 is 2.19 bits per heavy atom. The van der Waals surface area contributed by atoms with Crippen LogP contribution in [0, 0.1) is 0 Å². The lowest BCUT2D eigenvalue weighted by atomic mass is 10.1. The number of unbranched alkanes of at least 4 members (excludes halogenated alkanes) is 2.